The maximum absolute atomic E-state index is 12.7. The number of hydrogen-bond acceptors (Lipinski definition) is 6. The molecule has 0 aliphatic heterocycles. The molecule has 0 bridgehead atoms. The van der Waals surface area contributed by atoms with Gasteiger partial charge in [0.1, 0.15) is 4.90 Å². The SMILES string of the molecule is CC(=O)Nc1ccc(-c2nsc(NS(=O)(=O)c3c(C)cc(Cl)cc3Cl)n2)cc1. The molecule has 0 aliphatic carbocycles. The quantitative estimate of drug-likeness (QED) is 0.584. The number of benzene rings is 2. The molecular weight excluding hydrogens is 443 g/mol. The first-order chi connectivity index (χ1) is 13.2. The van der Waals surface area contributed by atoms with Gasteiger partial charge < -0.3 is 5.32 Å². The van der Waals surface area contributed by atoms with E-state index in [2.05, 4.69) is 19.4 Å². The van der Waals surface area contributed by atoms with Gasteiger partial charge in [0, 0.05) is 34.7 Å². The second-order valence-electron chi connectivity index (χ2n) is 5.82. The number of carbonyl (C=O) groups is 1. The lowest BCUT2D eigenvalue weighted by Crippen LogP contribution is -2.14. The smallest absolute Gasteiger partial charge is 0.265 e. The van der Waals surface area contributed by atoms with E-state index in [0.717, 1.165) is 11.5 Å². The second kappa shape index (κ2) is 8.04. The van der Waals surface area contributed by atoms with E-state index in [0.29, 0.717) is 27.7 Å². The van der Waals surface area contributed by atoms with Gasteiger partial charge in [-0.1, -0.05) is 23.2 Å². The third-order valence-corrected chi connectivity index (χ3v) is 6.50. The molecule has 2 aromatic carbocycles. The van der Waals surface area contributed by atoms with Crippen LogP contribution in [0.25, 0.3) is 11.4 Å². The molecule has 2 N–H and O–H groups in total. The van der Waals surface area contributed by atoms with Gasteiger partial charge in [-0.3, -0.25) is 9.52 Å². The summed E-state index contributed by atoms with van der Waals surface area (Å²) in [6.45, 7) is 3.03. The molecule has 1 amide bonds. The highest BCUT2D eigenvalue weighted by atomic mass is 35.5. The fourth-order valence-corrected chi connectivity index (χ4v) is 5.48. The van der Waals surface area contributed by atoms with Crippen molar-refractivity contribution in [1.82, 2.24) is 9.36 Å². The highest BCUT2D eigenvalue weighted by Gasteiger charge is 2.23. The molecule has 0 atom stereocenters. The minimum atomic E-state index is -3.96. The molecule has 3 aromatic rings. The summed E-state index contributed by atoms with van der Waals surface area (Å²) in [4.78, 5) is 15.2. The lowest BCUT2D eigenvalue weighted by Gasteiger charge is -2.10. The van der Waals surface area contributed by atoms with Gasteiger partial charge in [0.15, 0.2) is 5.82 Å². The molecule has 1 aromatic heterocycles. The number of aromatic nitrogens is 2. The Morgan fingerprint density at radius 1 is 1.14 bits per heavy atom. The summed E-state index contributed by atoms with van der Waals surface area (Å²) in [6.07, 6.45) is 0. The lowest BCUT2D eigenvalue weighted by molar-refractivity contribution is -0.114. The molecule has 11 heteroatoms. The summed E-state index contributed by atoms with van der Waals surface area (Å²) >= 11 is 12.9. The zero-order valence-electron chi connectivity index (χ0n) is 14.7. The normalized spacial score (nSPS) is 11.3. The van der Waals surface area contributed by atoms with Gasteiger partial charge in [0.25, 0.3) is 10.0 Å². The van der Waals surface area contributed by atoms with Gasteiger partial charge in [0.2, 0.25) is 11.0 Å². The third-order valence-electron chi connectivity index (χ3n) is 3.57. The number of halogens is 2. The molecule has 28 heavy (non-hydrogen) atoms. The van der Waals surface area contributed by atoms with E-state index in [1.165, 1.54) is 19.1 Å². The van der Waals surface area contributed by atoms with Crippen molar-refractivity contribution in [2.75, 3.05) is 10.0 Å². The maximum Gasteiger partial charge on any atom is 0.265 e. The number of rotatable bonds is 5. The van der Waals surface area contributed by atoms with Crippen molar-refractivity contribution in [1.29, 1.82) is 0 Å². The van der Waals surface area contributed by atoms with Crippen molar-refractivity contribution < 1.29 is 13.2 Å². The largest absolute Gasteiger partial charge is 0.326 e. The van der Waals surface area contributed by atoms with Gasteiger partial charge >= 0.3 is 0 Å². The molecule has 1 heterocycles. The first-order valence-corrected chi connectivity index (χ1v) is 10.9. The van der Waals surface area contributed by atoms with Crippen LogP contribution in [-0.4, -0.2) is 23.7 Å². The average Bonchev–Trinajstić information content (AvgIpc) is 3.01. The monoisotopic (exact) mass is 456 g/mol. The molecular formula is C17H14Cl2N4O3S2. The molecule has 0 saturated carbocycles. The predicted molar refractivity (Wildman–Crippen MR) is 112 cm³/mol. The maximum atomic E-state index is 12.7. The number of aryl methyl sites for hydroxylation is 1. The van der Waals surface area contributed by atoms with Gasteiger partial charge in [-0.05, 0) is 48.9 Å². The number of anilines is 2. The van der Waals surface area contributed by atoms with E-state index in [1.807, 2.05) is 0 Å². The zero-order chi connectivity index (χ0) is 20.5. The Morgan fingerprint density at radius 3 is 2.43 bits per heavy atom. The van der Waals surface area contributed by atoms with Gasteiger partial charge in [-0.15, -0.1) is 0 Å². The molecule has 0 saturated heterocycles. The summed E-state index contributed by atoms with van der Waals surface area (Å²) in [5, 5.41) is 3.14. The van der Waals surface area contributed by atoms with E-state index in [9.17, 15) is 13.2 Å². The highest BCUT2D eigenvalue weighted by molar-refractivity contribution is 7.93. The molecule has 0 radical (unpaired) electrons. The van der Waals surface area contributed by atoms with Crippen molar-refractivity contribution in [3.05, 3.63) is 52.0 Å². The standard InChI is InChI=1S/C17H14Cl2N4O3S2/c1-9-7-12(18)8-14(19)15(9)28(25,26)23-17-21-16(22-27-17)11-3-5-13(6-4-11)20-10(2)24/h3-8H,1-2H3,(H,20,24)(H,21,22,23). The number of nitrogens with one attached hydrogen (secondary N) is 2. The number of sulfonamides is 1. The topological polar surface area (TPSA) is 101 Å². The van der Waals surface area contributed by atoms with Crippen LogP contribution in [0.15, 0.2) is 41.3 Å². The summed E-state index contributed by atoms with van der Waals surface area (Å²) in [5.41, 5.74) is 1.74. The van der Waals surface area contributed by atoms with Crippen molar-refractivity contribution >= 4 is 61.5 Å². The molecule has 3 rings (SSSR count). The predicted octanol–water partition coefficient (Wildman–Crippen LogP) is 4.58. The van der Waals surface area contributed by atoms with Crippen molar-refractivity contribution in [2.45, 2.75) is 18.7 Å². The Balaban J connectivity index is 1.84. The van der Waals surface area contributed by atoms with E-state index < -0.39 is 10.0 Å². The van der Waals surface area contributed by atoms with Crippen LogP contribution in [0.3, 0.4) is 0 Å². The van der Waals surface area contributed by atoms with Crippen LogP contribution in [0.1, 0.15) is 12.5 Å². The van der Waals surface area contributed by atoms with E-state index in [1.54, 1.807) is 31.2 Å². The number of hydrogen-bond donors (Lipinski definition) is 2. The fourth-order valence-electron chi connectivity index (χ4n) is 2.48. The lowest BCUT2D eigenvalue weighted by atomic mass is 10.2. The first kappa shape index (κ1) is 20.5. The minimum absolute atomic E-state index is 0.0239. The number of amides is 1. The van der Waals surface area contributed by atoms with Crippen molar-refractivity contribution in [2.24, 2.45) is 0 Å². The fraction of sp³-hybridized carbons (Fsp3) is 0.118. The Hall–Kier alpha value is -2.20. The van der Waals surface area contributed by atoms with Crippen molar-refractivity contribution in [3.63, 3.8) is 0 Å². The molecule has 0 aliphatic rings. The molecule has 7 nitrogen and oxygen atoms in total. The summed E-state index contributed by atoms with van der Waals surface area (Å²) < 4.78 is 32.0. The van der Waals surface area contributed by atoms with Crippen LogP contribution < -0.4 is 10.0 Å². The Morgan fingerprint density at radius 2 is 1.82 bits per heavy atom. The molecule has 0 unspecified atom stereocenters. The van der Waals surface area contributed by atoms with Gasteiger partial charge in [-0.2, -0.15) is 9.36 Å². The Kier molecular flexibility index (Phi) is 5.90. The van der Waals surface area contributed by atoms with Crippen LogP contribution in [0.4, 0.5) is 10.8 Å². The van der Waals surface area contributed by atoms with Gasteiger partial charge in [-0.25, -0.2) is 8.42 Å². The van der Waals surface area contributed by atoms with E-state index in [4.69, 9.17) is 23.2 Å². The molecule has 0 fully saturated rings. The Labute approximate surface area is 175 Å². The van der Waals surface area contributed by atoms with Crippen LogP contribution in [-0.2, 0) is 14.8 Å². The highest BCUT2D eigenvalue weighted by Crippen LogP contribution is 2.31. The van der Waals surface area contributed by atoms with E-state index in [-0.39, 0.29) is 21.0 Å². The van der Waals surface area contributed by atoms with Crippen LogP contribution in [0, 0.1) is 6.92 Å². The molecule has 0 spiro atoms. The Bertz CT molecular complexity index is 1120. The summed E-state index contributed by atoms with van der Waals surface area (Å²) in [7, 11) is -3.96. The third kappa shape index (κ3) is 4.61. The first-order valence-electron chi connectivity index (χ1n) is 7.86. The van der Waals surface area contributed by atoms with Gasteiger partial charge in [0.05, 0.1) is 5.02 Å². The van der Waals surface area contributed by atoms with Crippen LogP contribution >= 0.6 is 34.7 Å². The minimum Gasteiger partial charge on any atom is -0.326 e. The van der Waals surface area contributed by atoms with Crippen LogP contribution in [0.5, 0.6) is 0 Å². The second-order valence-corrected chi connectivity index (χ2v) is 9.04. The molecule has 146 valence electrons. The van der Waals surface area contributed by atoms with E-state index >= 15 is 0 Å². The average molecular weight is 457 g/mol. The number of carbonyl (C=O) groups excluding carboxylic acids is 1. The summed E-state index contributed by atoms with van der Waals surface area (Å²) in [6, 6.07) is 9.76. The van der Waals surface area contributed by atoms with Crippen LogP contribution in [0.2, 0.25) is 10.0 Å². The van der Waals surface area contributed by atoms with Crippen molar-refractivity contribution in [3.8, 4) is 11.4 Å². The zero-order valence-corrected chi connectivity index (χ0v) is 17.8. The number of nitrogens with zero attached hydrogens (tertiary/aromatic N) is 2. The summed E-state index contributed by atoms with van der Waals surface area (Å²) in [5.74, 6) is 0.184.